The van der Waals surface area contributed by atoms with Crippen LogP contribution in [0.25, 0.3) is 0 Å². The van der Waals surface area contributed by atoms with Crippen LogP contribution in [0, 0.1) is 0 Å². The Kier molecular flexibility index (Phi) is 4.53. The number of aryl methyl sites for hydroxylation is 1. The number of carboxylic acid groups (broad SMARTS) is 1. The Hall–Kier alpha value is -1.54. The summed E-state index contributed by atoms with van der Waals surface area (Å²) in [5.74, 6) is -1.87. The molecule has 0 radical (unpaired) electrons. The van der Waals surface area contributed by atoms with E-state index in [2.05, 4.69) is 14.9 Å². The van der Waals surface area contributed by atoms with Crippen molar-refractivity contribution in [1.82, 2.24) is 14.9 Å². The highest BCUT2D eigenvalue weighted by molar-refractivity contribution is 7.08. The second-order valence-corrected chi connectivity index (χ2v) is 4.19. The molecule has 2 atom stereocenters. The number of rotatable bonds is 5. The largest absolute Gasteiger partial charge is 0.480 e. The van der Waals surface area contributed by atoms with E-state index in [0.717, 1.165) is 11.5 Å². The number of aromatic nitrogens is 2. The van der Waals surface area contributed by atoms with Gasteiger partial charge >= 0.3 is 5.97 Å². The normalized spacial score (nSPS) is 14.1. The summed E-state index contributed by atoms with van der Waals surface area (Å²) in [5.41, 5.74) is 0.516. The topological polar surface area (TPSA) is 112 Å². The number of aliphatic carboxylic acids is 1. The summed E-state index contributed by atoms with van der Waals surface area (Å²) >= 11 is 0.900. The number of aliphatic hydroxyl groups is 1. The number of hydrogen-bond donors (Lipinski definition) is 3. The molecule has 94 valence electrons. The molecule has 0 aliphatic rings. The first-order valence-corrected chi connectivity index (χ1v) is 5.77. The van der Waals surface area contributed by atoms with Gasteiger partial charge in [-0.2, -0.15) is 0 Å². The van der Waals surface area contributed by atoms with E-state index in [0.29, 0.717) is 12.1 Å². The number of carbonyl (C=O) groups is 2. The van der Waals surface area contributed by atoms with Crippen molar-refractivity contribution in [1.29, 1.82) is 0 Å². The van der Waals surface area contributed by atoms with Crippen LogP contribution in [0.3, 0.4) is 0 Å². The molecule has 1 rings (SSSR count). The van der Waals surface area contributed by atoms with E-state index in [9.17, 15) is 14.7 Å². The zero-order valence-corrected chi connectivity index (χ0v) is 10.2. The van der Waals surface area contributed by atoms with Gasteiger partial charge in [-0.15, -0.1) is 5.10 Å². The maximum absolute atomic E-state index is 11.7. The van der Waals surface area contributed by atoms with Crippen LogP contribution in [0.1, 0.15) is 29.2 Å². The summed E-state index contributed by atoms with van der Waals surface area (Å²) in [6, 6.07) is -1.34. The van der Waals surface area contributed by atoms with Gasteiger partial charge in [-0.05, 0) is 24.9 Å². The van der Waals surface area contributed by atoms with Crippen molar-refractivity contribution in [2.24, 2.45) is 0 Å². The number of carbonyl (C=O) groups excluding carboxylic acids is 1. The molecule has 0 saturated carbocycles. The van der Waals surface area contributed by atoms with Gasteiger partial charge in [-0.1, -0.05) is 11.4 Å². The zero-order chi connectivity index (χ0) is 13.0. The van der Waals surface area contributed by atoms with Gasteiger partial charge in [-0.3, -0.25) is 4.79 Å². The fraction of sp³-hybridized carbons (Fsp3) is 0.556. The number of nitrogens with zero attached hydrogens (tertiary/aromatic N) is 2. The standard InChI is InChI=1S/C9H13N3O4S/c1-3-5-7(17-12-11-5)8(14)10-6(4(2)13)9(15)16/h4,6,13H,3H2,1-2H3,(H,10,14)(H,15,16). The van der Waals surface area contributed by atoms with Gasteiger partial charge in [-0.25, -0.2) is 4.79 Å². The molecule has 0 aliphatic heterocycles. The van der Waals surface area contributed by atoms with Crippen molar-refractivity contribution < 1.29 is 19.8 Å². The van der Waals surface area contributed by atoms with Crippen LogP contribution < -0.4 is 5.32 Å². The van der Waals surface area contributed by atoms with Gasteiger partial charge in [0.1, 0.15) is 4.88 Å². The Morgan fingerprint density at radius 1 is 1.53 bits per heavy atom. The van der Waals surface area contributed by atoms with Crippen molar-refractivity contribution in [3.05, 3.63) is 10.6 Å². The Morgan fingerprint density at radius 3 is 2.65 bits per heavy atom. The molecule has 0 fully saturated rings. The number of aliphatic hydroxyl groups excluding tert-OH is 1. The van der Waals surface area contributed by atoms with Crippen LogP contribution in [0.15, 0.2) is 0 Å². The highest BCUT2D eigenvalue weighted by Crippen LogP contribution is 2.11. The van der Waals surface area contributed by atoms with E-state index < -0.39 is 24.0 Å². The van der Waals surface area contributed by atoms with E-state index in [1.807, 2.05) is 6.92 Å². The Bertz CT molecular complexity index is 418. The van der Waals surface area contributed by atoms with Crippen LogP contribution in [-0.4, -0.2) is 43.8 Å². The molecule has 1 aromatic heterocycles. The van der Waals surface area contributed by atoms with E-state index in [1.54, 1.807) is 0 Å². The summed E-state index contributed by atoms with van der Waals surface area (Å²) in [5, 5.41) is 24.0. The number of amides is 1. The zero-order valence-electron chi connectivity index (χ0n) is 9.38. The SMILES string of the molecule is CCc1nnsc1C(=O)NC(C(=O)O)C(C)O. The minimum absolute atomic E-state index is 0.277. The molecule has 0 aliphatic carbocycles. The predicted molar refractivity (Wildman–Crippen MR) is 59.9 cm³/mol. The van der Waals surface area contributed by atoms with E-state index in [4.69, 9.17) is 5.11 Å². The first-order chi connectivity index (χ1) is 7.97. The average Bonchev–Trinajstić information content (AvgIpc) is 2.72. The second kappa shape index (κ2) is 5.69. The lowest BCUT2D eigenvalue weighted by Crippen LogP contribution is -2.47. The first-order valence-electron chi connectivity index (χ1n) is 5.00. The van der Waals surface area contributed by atoms with Crippen molar-refractivity contribution in [2.45, 2.75) is 32.4 Å². The molecule has 17 heavy (non-hydrogen) atoms. The van der Waals surface area contributed by atoms with E-state index >= 15 is 0 Å². The summed E-state index contributed by atoms with van der Waals surface area (Å²) < 4.78 is 3.63. The van der Waals surface area contributed by atoms with E-state index in [-0.39, 0.29) is 4.88 Å². The fourth-order valence-electron chi connectivity index (χ4n) is 1.21. The molecular formula is C9H13N3O4S. The lowest BCUT2D eigenvalue weighted by Gasteiger charge is -2.16. The molecule has 0 spiro atoms. The van der Waals surface area contributed by atoms with Crippen molar-refractivity contribution in [3.8, 4) is 0 Å². The molecular weight excluding hydrogens is 246 g/mol. The lowest BCUT2D eigenvalue weighted by molar-refractivity contribution is -0.141. The fourth-order valence-corrected chi connectivity index (χ4v) is 1.86. The van der Waals surface area contributed by atoms with Gasteiger partial charge in [0.15, 0.2) is 6.04 Å². The van der Waals surface area contributed by atoms with Gasteiger partial charge in [0.2, 0.25) is 0 Å². The third-order valence-electron chi connectivity index (χ3n) is 2.13. The first kappa shape index (κ1) is 13.5. The second-order valence-electron chi connectivity index (χ2n) is 3.43. The van der Waals surface area contributed by atoms with Crippen molar-refractivity contribution >= 4 is 23.4 Å². The van der Waals surface area contributed by atoms with E-state index in [1.165, 1.54) is 6.92 Å². The minimum atomic E-state index is -1.34. The van der Waals surface area contributed by atoms with Crippen LogP contribution in [0.2, 0.25) is 0 Å². The summed E-state index contributed by atoms with van der Waals surface area (Å²) in [4.78, 5) is 22.8. The van der Waals surface area contributed by atoms with Crippen LogP contribution >= 0.6 is 11.5 Å². The maximum atomic E-state index is 11.7. The Balaban J connectivity index is 2.81. The molecule has 0 saturated heterocycles. The minimum Gasteiger partial charge on any atom is -0.480 e. The third-order valence-corrected chi connectivity index (χ3v) is 2.90. The highest BCUT2D eigenvalue weighted by Gasteiger charge is 2.27. The van der Waals surface area contributed by atoms with Gasteiger partial charge in [0, 0.05) is 0 Å². The lowest BCUT2D eigenvalue weighted by atomic mass is 10.2. The number of nitrogens with one attached hydrogen (secondary N) is 1. The smallest absolute Gasteiger partial charge is 0.328 e. The number of hydrogen-bond acceptors (Lipinski definition) is 6. The summed E-state index contributed by atoms with van der Waals surface area (Å²) in [6.07, 6.45) is -0.645. The molecule has 1 heterocycles. The highest BCUT2D eigenvalue weighted by atomic mass is 32.1. The molecule has 8 heteroatoms. The molecule has 1 amide bonds. The Labute approximate surface area is 102 Å². The average molecular weight is 259 g/mol. The van der Waals surface area contributed by atoms with Crippen molar-refractivity contribution in [2.75, 3.05) is 0 Å². The Morgan fingerprint density at radius 2 is 2.18 bits per heavy atom. The maximum Gasteiger partial charge on any atom is 0.328 e. The monoisotopic (exact) mass is 259 g/mol. The summed E-state index contributed by atoms with van der Waals surface area (Å²) in [6.45, 7) is 3.11. The molecule has 1 aromatic rings. The number of carboxylic acids is 1. The van der Waals surface area contributed by atoms with Gasteiger partial charge in [0.05, 0.1) is 11.8 Å². The predicted octanol–water partition coefficient (Wildman–Crippen LogP) is -0.336. The quantitative estimate of drug-likeness (QED) is 0.667. The van der Waals surface area contributed by atoms with Crippen LogP contribution in [0.4, 0.5) is 0 Å². The van der Waals surface area contributed by atoms with Crippen LogP contribution in [0.5, 0.6) is 0 Å². The molecule has 3 N–H and O–H groups in total. The van der Waals surface area contributed by atoms with Gasteiger partial charge in [0.25, 0.3) is 5.91 Å². The van der Waals surface area contributed by atoms with Crippen molar-refractivity contribution in [3.63, 3.8) is 0 Å². The molecule has 0 aromatic carbocycles. The van der Waals surface area contributed by atoms with Crippen LogP contribution in [-0.2, 0) is 11.2 Å². The molecule has 2 unspecified atom stereocenters. The molecule has 7 nitrogen and oxygen atoms in total. The molecule has 0 bridgehead atoms. The van der Waals surface area contributed by atoms with Gasteiger partial charge < -0.3 is 15.5 Å². The summed E-state index contributed by atoms with van der Waals surface area (Å²) in [7, 11) is 0. The third kappa shape index (κ3) is 3.21.